The van der Waals surface area contributed by atoms with Crippen LogP contribution in [0.5, 0.6) is 0 Å². The van der Waals surface area contributed by atoms with E-state index in [0.29, 0.717) is 64.7 Å². The molecule has 11 nitrogen and oxygen atoms in total. The Balaban J connectivity index is 1.14. The maximum Gasteiger partial charge on any atom is 0.418 e. The lowest BCUT2D eigenvalue weighted by atomic mass is 9.99. The molecule has 1 aromatic heterocycles. The summed E-state index contributed by atoms with van der Waals surface area (Å²) in [6, 6.07) is 3.10. The molecule has 4 N–H and O–H groups in total. The SMILES string of the molecule is CNc1c(Cl)cc(C[C@@H](NC(=O)N2CCC(N3Cc4ccsc4NC3=O)CC2)C(=O)N2CCN(C3CCNCC3)CC2)cc1C(F)(F)F. The Labute approximate surface area is 287 Å². The van der Waals surface area contributed by atoms with Crippen molar-refractivity contribution in [3.63, 3.8) is 0 Å². The van der Waals surface area contributed by atoms with Gasteiger partial charge in [0.1, 0.15) is 11.0 Å². The van der Waals surface area contributed by atoms with Crippen LogP contribution < -0.4 is 21.3 Å². The fraction of sp³-hybridized carbons (Fsp3) is 0.594. The molecule has 6 rings (SSSR count). The summed E-state index contributed by atoms with van der Waals surface area (Å²) in [5.74, 6) is -0.331. The first-order valence-electron chi connectivity index (χ1n) is 16.5. The smallest absolute Gasteiger partial charge is 0.386 e. The van der Waals surface area contributed by atoms with E-state index in [1.54, 1.807) is 14.7 Å². The van der Waals surface area contributed by atoms with Crippen LogP contribution in [0.25, 0.3) is 0 Å². The number of alkyl halides is 3. The van der Waals surface area contributed by atoms with E-state index < -0.39 is 23.8 Å². The first-order chi connectivity index (χ1) is 23.0. The Morgan fingerprint density at radius 1 is 1.02 bits per heavy atom. The van der Waals surface area contributed by atoms with Crippen LogP contribution in [0.1, 0.15) is 42.4 Å². The lowest BCUT2D eigenvalue weighted by Gasteiger charge is -2.42. The Hall–Kier alpha value is -3.27. The van der Waals surface area contributed by atoms with Crippen LogP contribution in [-0.4, -0.2) is 115 Å². The Bertz CT molecular complexity index is 1490. The van der Waals surface area contributed by atoms with E-state index in [0.717, 1.165) is 42.6 Å². The highest BCUT2D eigenvalue weighted by molar-refractivity contribution is 7.14. The zero-order chi connectivity index (χ0) is 34.0. The number of piperazine rings is 1. The molecule has 0 spiro atoms. The number of piperidine rings is 2. The first-order valence-corrected chi connectivity index (χ1v) is 17.8. The summed E-state index contributed by atoms with van der Waals surface area (Å²) in [4.78, 5) is 47.9. The molecule has 3 fully saturated rings. The molecular formula is C32H42ClF3N8O3S. The second-order valence-corrected chi connectivity index (χ2v) is 14.2. The molecule has 0 radical (unpaired) electrons. The van der Waals surface area contributed by atoms with Crippen LogP contribution in [-0.2, 0) is 23.9 Å². The maximum absolute atomic E-state index is 14.0. The van der Waals surface area contributed by atoms with Gasteiger partial charge in [0.2, 0.25) is 5.91 Å². The highest BCUT2D eigenvalue weighted by Gasteiger charge is 2.38. The molecule has 1 aromatic carbocycles. The van der Waals surface area contributed by atoms with Gasteiger partial charge in [0.25, 0.3) is 0 Å². The van der Waals surface area contributed by atoms with Crippen molar-refractivity contribution < 1.29 is 27.6 Å². The van der Waals surface area contributed by atoms with Crippen LogP contribution >= 0.6 is 22.9 Å². The third-order valence-corrected chi connectivity index (χ3v) is 11.1. The number of nitrogens with zero attached hydrogens (tertiary/aromatic N) is 4. The minimum atomic E-state index is -4.67. The van der Waals surface area contributed by atoms with Crippen molar-refractivity contribution in [3.8, 4) is 0 Å². The van der Waals surface area contributed by atoms with Gasteiger partial charge in [-0.05, 0) is 67.9 Å². The fourth-order valence-electron chi connectivity index (χ4n) is 7.30. The zero-order valence-electron chi connectivity index (χ0n) is 26.9. The van der Waals surface area contributed by atoms with Crippen molar-refractivity contribution in [1.82, 2.24) is 30.2 Å². The van der Waals surface area contributed by atoms with E-state index in [1.165, 1.54) is 24.5 Å². The van der Waals surface area contributed by atoms with E-state index in [2.05, 4.69) is 26.2 Å². The molecule has 262 valence electrons. The van der Waals surface area contributed by atoms with Crippen LogP contribution in [0.15, 0.2) is 23.6 Å². The Morgan fingerprint density at radius 2 is 1.73 bits per heavy atom. The standard InChI is InChI=1S/C32H42ClF3N8O3S/c1-37-27-24(32(34,35)36)16-20(17-25(27)33)18-26(29(45)42-13-11-41(12-14-42)22-2-7-38-8-3-22)39-30(46)43-9-4-23(5-10-43)44-19-21-6-15-48-28(21)40-31(44)47/h6,15-17,22-23,26,37-38H,2-5,7-14,18-19H2,1H3,(H,39,46)(H,40,47)/t26-/m1/s1. The van der Waals surface area contributed by atoms with E-state index in [1.807, 2.05) is 11.4 Å². The van der Waals surface area contributed by atoms with Crippen molar-refractivity contribution >= 4 is 51.6 Å². The van der Waals surface area contributed by atoms with Crippen LogP contribution in [0.2, 0.25) is 5.02 Å². The van der Waals surface area contributed by atoms with Gasteiger partial charge in [-0.1, -0.05) is 11.6 Å². The number of urea groups is 2. The summed E-state index contributed by atoms with van der Waals surface area (Å²) < 4.78 is 42.0. The number of likely N-dealkylation sites (tertiary alicyclic amines) is 1. The van der Waals surface area contributed by atoms with Gasteiger partial charge >= 0.3 is 18.2 Å². The second-order valence-electron chi connectivity index (χ2n) is 12.8. The summed E-state index contributed by atoms with van der Waals surface area (Å²) in [5, 5.41) is 14.4. The minimum absolute atomic E-state index is 0.0515. The summed E-state index contributed by atoms with van der Waals surface area (Å²) in [6.07, 6.45) is -1.61. The van der Waals surface area contributed by atoms with Gasteiger partial charge in [0.05, 0.1) is 22.8 Å². The quantitative estimate of drug-likeness (QED) is 0.337. The van der Waals surface area contributed by atoms with E-state index in [9.17, 15) is 27.6 Å². The number of thiophene rings is 1. The van der Waals surface area contributed by atoms with Gasteiger partial charge < -0.3 is 30.7 Å². The van der Waals surface area contributed by atoms with Crippen molar-refractivity contribution in [2.75, 3.05) is 70.0 Å². The number of fused-ring (bicyclic) bond motifs is 1. The summed E-state index contributed by atoms with van der Waals surface area (Å²) in [5.41, 5.74) is 0.0866. The summed E-state index contributed by atoms with van der Waals surface area (Å²) in [7, 11) is 1.37. The average molecular weight is 711 g/mol. The van der Waals surface area contributed by atoms with Crippen molar-refractivity contribution in [2.24, 2.45) is 0 Å². The number of benzene rings is 1. The largest absolute Gasteiger partial charge is 0.418 e. The third-order valence-electron chi connectivity index (χ3n) is 9.95. The molecule has 5 heterocycles. The second kappa shape index (κ2) is 14.7. The molecule has 4 aliphatic rings. The molecule has 0 saturated carbocycles. The normalized spacial score (nSPS) is 20.7. The molecule has 48 heavy (non-hydrogen) atoms. The molecular weight excluding hydrogens is 669 g/mol. The van der Waals surface area contributed by atoms with Gasteiger partial charge in [-0.3, -0.25) is 15.0 Å². The highest BCUT2D eigenvalue weighted by Crippen LogP contribution is 2.40. The van der Waals surface area contributed by atoms with Gasteiger partial charge in [0.15, 0.2) is 0 Å². The van der Waals surface area contributed by atoms with Crippen LogP contribution in [0.4, 0.5) is 33.4 Å². The monoisotopic (exact) mass is 710 g/mol. The zero-order valence-corrected chi connectivity index (χ0v) is 28.4. The van der Waals surface area contributed by atoms with E-state index >= 15 is 0 Å². The first kappa shape index (κ1) is 34.6. The molecule has 5 amide bonds. The molecule has 4 aliphatic heterocycles. The number of hydrogen-bond acceptors (Lipinski definition) is 7. The average Bonchev–Trinajstić information content (AvgIpc) is 3.54. The predicted octanol–water partition coefficient (Wildman–Crippen LogP) is 4.49. The third kappa shape index (κ3) is 7.63. The number of rotatable bonds is 7. The van der Waals surface area contributed by atoms with Gasteiger partial charge in [-0.25, -0.2) is 9.59 Å². The lowest BCUT2D eigenvalue weighted by Crippen LogP contribution is -2.59. The number of carbonyl (C=O) groups is 3. The van der Waals surface area contributed by atoms with Crippen molar-refractivity contribution in [1.29, 1.82) is 0 Å². The minimum Gasteiger partial charge on any atom is -0.386 e. The molecule has 1 atom stereocenters. The molecule has 2 aromatic rings. The molecule has 0 bridgehead atoms. The number of anilines is 2. The van der Waals surface area contributed by atoms with Gasteiger partial charge in [-0.15, -0.1) is 11.3 Å². The number of halogens is 4. The van der Waals surface area contributed by atoms with Gasteiger partial charge in [0, 0.05) is 70.4 Å². The molecule has 3 saturated heterocycles. The summed E-state index contributed by atoms with van der Waals surface area (Å²) in [6.45, 7) is 5.51. The van der Waals surface area contributed by atoms with Crippen LogP contribution in [0, 0.1) is 0 Å². The molecule has 16 heteroatoms. The summed E-state index contributed by atoms with van der Waals surface area (Å²) >= 11 is 7.77. The number of amides is 5. The van der Waals surface area contributed by atoms with E-state index in [-0.39, 0.29) is 40.7 Å². The molecule has 0 aliphatic carbocycles. The fourth-order valence-corrected chi connectivity index (χ4v) is 8.44. The Kier molecular flexibility index (Phi) is 10.6. The Morgan fingerprint density at radius 3 is 2.40 bits per heavy atom. The predicted molar refractivity (Wildman–Crippen MR) is 180 cm³/mol. The number of hydrogen-bond donors (Lipinski definition) is 4. The molecule has 0 unspecified atom stereocenters. The number of carbonyl (C=O) groups excluding carboxylic acids is 3. The maximum atomic E-state index is 14.0. The van der Waals surface area contributed by atoms with E-state index in [4.69, 9.17) is 11.6 Å². The van der Waals surface area contributed by atoms with Crippen molar-refractivity contribution in [3.05, 3.63) is 45.3 Å². The van der Waals surface area contributed by atoms with Crippen LogP contribution in [0.3, 0.4) is 0 Å². The van der Waals surface area contributed by atoms with Gasteiger partial charge in [-0.2, -0.15) is 13.2 Å². The highest BCUT2D eigenvalue weighted by atomic mass is 35.5. The lowest BCUT2D eigenvalue weighted by molar-refractivity contribution is -0.137. The van der Waals surface area contributed by atoms with Crippen molar-refractivity contribution in [2.45, 2.75) is 63.0 Å². The topological polar surface area (TPSA) is 112 Å². The number of nitrogens with one attached hydrogen (secondary N) is 4.